The van der Waals surface area contributed by atoms with Gasteiger partial charge in [-0.1, -0.05) is 39.3 Å². The van der Waals surface area contributed by atoms with Crippen molar-refractivity contribution in [2.24, 2.45) is 0 Å². The van der Waals surface area contributed by atoms with E-state index in [0.29, 0.717) is 0 Å². The van der Waals surface area contributed by atoms with E-state index in [1.165, 1.54) is 0 Å². The third-order valence-corrected chi connectivity index (χ3v) is 4.23. The molecule has 0 nitrogen and oxygen atoms in total. The molecule has 0 heterocycles. The van der Waals surface area contributed by atoms with E-state index in [2.05, 4.69) is 63.2 Å². The summed E-state index contributed by atoms with van der Waals surface area (Å²) >= 11 is 0. The van der Waals surface area contributed by atoms with Crippen molar-refractivity contribution in [2.45, 2.75) is 39.3 Å². The number of rotatable bonds is 2. The first-order chi connectivity index (χ1) is 10.2. The molecule has 0 saturated heterocycles. The van der Waals surface area contributed by atoms with Crippen molar-refractivity contribution in [3.8, 4) is 11.8 Å². The molecule has 0 aliphatic rings. The average Bonchev–Trinajstić information content (AvgIpc) is 3.08. The standard InChI is InChI=1S/C10H20Si2.2C5H5.Zr/c1-11(2,3)9-7-8-10-12(4,5)6;2*1-2-4-5-3-1;/h9-10H,1-6H3;2*1-5H;/q-2;2*-1;+4. The van der Waals surface area contributed by atoms with Gasteiger partial charge in [0.1, 0.15) is 0 Å². The van der Waals surface area contributed by atoms with E-state index in [1.54, 1.807) is 0 Å². The Morgan fingerprint density at radius 2 is 0.870 bits per heavy atom. The van der Waals surface area contributed by atoms with Gasteiger partial charge in [0.25, 0.3) is 0 Å². The minimum atomic E-state index is -1.06. The maximum absolute atomic E-state index is 3.15. The van der Waals surface area contributed by atoms with Crippen LogP contribution in [0, 0.1) is 23.9 Å². The van der Waals surface area contributed by atoms with E-state index >= 15 is 0 Å². The van der Waals surface area contributed by atoms with Gasteiger partial charge in [-0.15, -0.1) is 0 Å². The van der Waals surface area contributed by atoms with Crippen molar-refractivity contribution in [3.05, 3.63) is 72.8 Å². The van der Waals surface area contributed by atoms with Gasteiger partial charge in [0.05, 0.1) is 0 Å². The van der Waals surface area contributed by atoms with E-state index in [0.717, 1.165) is 0 Å². The summed E-state index contributed by atoms with van der Waals surface area (Å²) in [6, 6.07) is 24.4. The minimum Gasteiger partial charge on any atom is -0.523 e. The molecule has 0 unspecified atom stereocenters. The van der Waals surface area contributed by atoms with Gasteiger partial charge in [-0.05, 0) is 16.1 Å². The van der Waals surface area contributed by atoms with Crippen LogP contribution in [0.25, 0.3) is 0 Å². The minimum absolute atomic E-state index is 0. The molecule has 23 heavy (non-hydrogen) atoms. The van der Waals surface area contributed by atoms with Crippen molar-refractivity contribution >= 4 is 16.1 Å². The Bertz CT molecular complexity index is 408. The second-order valence-corrected chi connectivity index (χ2v) is 17.3. The fourth-order valence-electron chi connectivity index (χ4n) is 1.16. The Balaban J connectivity index is 0. The first-order valence-electron chi connectivity index (χ1n) is 7.74. The summed E-state index contributed by atoms with van der Waals surface area (Å²) in [5.74, 6) is 6.30. The molecule has 2 rings (SSSR count). The van der Waals surface area contributed by atoms with Gasteiger partial charge in [-0.25, -0.2) is 24.3 Å². The molecule has 2 aromatic carbocycles. The smallest absolute Gasteiger partial charge is 0.523 e. The van der Waals surface area contributed by atoms with Gasteiger partial charge < -0.3 is 11.8 Å². The van der Waals surface area contributed by atoms with E-state index in [-0.39, 0.29) is 26.2 Å². The number of hydrogen-bond donors (Lipinski definition) is 0. The SMILES string of the molecule is C[Si](C)(C)[CH-]C#C[CH-][Si](C)(C)C.[Zr+4].c1cc[cH-]c1.c1cc[cH-]c1. The first-order valence-corrected chi connectivity index (χ1v) is 14.9. The van der Waals surface area contributed by atoms with Crippen LogP contribution in [0.15, 0.2) is 60.7 Å². The summed E-state index contributed by atoms with van der Waals surface area (Å²) in [7, 11) is -2.11. The molecule has 0 aliphatic heterocycles. The van der Waals surface area contributed by atoms with Crippen LogP contribution in [-0.4, -0.2) is 16.1 Å². The maximum Gasteiger partial charge on any atom is 4.00 e. The Labute approximate surface area is 165 Å². The summed E-state index contributed by atoms with van der Waals surface area (Å²) in [4.78, 5) is 0. The molecule has 0 atom stereocenters. The molecule has 0 amide bonds. The predicted octanol–water partition coefficient (Wildman–Crippen LogP) is 5.96. The zero-order valence-electron chi connectivity index (χ0n) is 15.4. The average molecular weight is 418 g/mol. The molecule has 0 spiro atoms. The Morgan fingerprint density at radius 3 is 1.00 bits per heavy atom. The third-order valence-electron chi connectivity index (χ3n) is 2.20. The largest absolute Gasteiger partial charge is 4.00 e. The summed E-state index contributed by atoms with van der Waals surface area (Å²) in [6.07, 6.45) is 0. The first kappa shape index (κ1) is 24.6. The Morgan fingerprint density at radius 1 is 0.609 bits per heavy atom. The van der Waals surface area contributed by atoms with Gasteiger partial charge in [0.15, 0.2) is 0 Å². The van der Waals surface area contributed by atoms with Crippen LogP contribution in [0.3, 0.4) is 0 Å². The Kier molecular flexibility index (Phi) is 14.7. The van der Waals surface area contributed by atoms with Crippen LogP contribution in [0.4, 0.5) is 0 Å². The molecule has 122 valence electrons. The van der Waals surface area contributed by atoms with Gasteiger partial charge in [-0.3, -0.25) is 12.1 Å². The van der Waals surface area contributed by atoms with Gasteiger partial charge in [-0.2, -0.15) is 36.4 Å². The van der Waals surface area contributed by atoms with E-state index in [4.69, 9.17) is 0 Å². The molecule has 0 saturated carbocycles. The molecular weight excluding hydrogens is 388 g/mol. The predicted molar refractivity (Wildman–Crippen MR) is 107 cm³/mol. The second kappa shape index (κ2) is 13.7. The summed E-state index contributed by atoms with van der Waals surface area (Å²) in [5, 5.41) is 0. The topological polar surface area (TPSA) is 0 Å². The third kappa shape index (κ3) is 23.7. The van der Waals surface area contributed by atoms with Crippen molar-refractivity contribution in [2.75, 3.05) is 0 Å². The monoisotopic (exact) mass is 416 g/mol. The summed E-state index contributed by atoms with van der Waals surface area (Å²) < 4.78 is 0. The Hall–Kier alpha value is -0.683. The zero-order chi connectivity index (χ0) is 16.9. The van der Waals surface area contributed by atoms with Crippen LogP contribution in [0.5, 0.6) is 0 Å². The van der Waals surface area contributed by atoms with Crippen LogP contribution in [0.1, 0.15) is 0 Å². The normalized spacial score (nSPS) is 9.48. The van der Waals surface area contributed by atoms with Gasteiger partial charge in [0, 0.05) is 0 Å². The molecule has 0 fully saturated rings. The molecule has 0 aromatic heterocycles. The fourth-order valence-corrected chi connectivity index (χ4v) is 2.19. The molecule has 2 aromatic rings. The molecule has 0 bridgehead atoms. The van der Waals surface area contributed by atoms with Crippen molar-refractivity contribution in [3.63, 3.8) is 0 Å². The summed E-state index contributed by atoms with van der Waals surface area (Å²) in [5.41, 5.74) is 0. The zero-order valence-corrected chi connectivity index (χ0v) is 19.9. The van der Waals surface area contributed by atoms with E-state index in [1.807, 2.05) is 60.7 Å². The molecule has 0 aliphatic carbocycles. The molecular formula is C20H30Si2Zr. The second-order valence-electron chi connectivity index (χ2n) is 7.23. The van der Waals surface area contributed by atoms with Gasteiger partial charge in [0.2, 0.25) is 0 Å². The van der Waals surface area contributed by atoms with E-state index < -0.39 is 16.1 Å². The van der Waals surface area contributed by atoms with Crippen molar-refractivity contribution in [1.82, 2.24) is 0 Å². The number of hydrogen-bond acceptors (Lipinski definition) is 0. The molecule has 3 heteroatoms. The maximum atomic E-state index is 3.15. The fraction of sp³-hybridized carbons (Fsp3) is 0.300. The molecule has 0 N–H and O–H groups in total. The van der Waals surface area contributed by atoms with Crippen LogP contribution >= 0.6 is 0 Å². The van der Waals surface area contributed by atoms with Crippen LogP contribution in [0.2, 0.25) is 39.3 Å². The van der Waals surface area contributed by atoms with Crippen molar-refractivity contribution in [1.29, 1.82) is 0 Å². The van der Waals surface area contributed by atoms with Crippen LogP contribution in [-0.2, 0) is 26.2 Å². The quantitative estimate of drug-likeness (QED) is 0.321. The molecule has 0 radical (unpaired) electrons. The summed E-state index contributed by atoms with van der Waals surface area (Å²) in [6.45, 7) is 13.8. The van der Waals surface area contributed by atoms with E-state index in [9.17, 15) is 0 Å². The van der Waals surface area contributed by atoms with Gasteiger partial charge >= 0.3 is 26.2 Å². The van der Waals surface area contributed by atoms with Crippen molar-refractivity contribution < 1.29 is 26.2 Å². The van der Waals surface area contributed by atoms with Crippen LogP contribution < -0.4 is 0 Å².